The number of fused-ring (bicyclic) bond motifs is 1. The van der Waals surface area contributed by atoms with Gasteiger partial charge in [0.05, 0.1) is 17.7 Å². The summed E-state index contributed by atoms with van der Waals surface area (Å²) in [7, 11) is 0. The van der Waals surface area contributed by atoms with Gasteiger partial charge in [-0.15, -0.1) is 0 Å². The lowest BCUT2D eigenvalue weighted by Gasteiger charge is -2.37. The highest BCUT2D eigenvalue weighted by molar-refractivity contribution is 5.65. The zero-order chi connectivity index (χ0) is 13.9. The normalized spacial score (nSPS) is 15.4. The van der Waals surface area contributed by atoms with E-state index < -0.39 is 0 Å². The summed E-state index contributed by atoms with van der Waals surface area (Å²) in [6, 6.07) is 8.79. The van der Waals surface area contributed by atoms with Crippen LogP contribution in [0.25, 0.3) is 5.52 Å². The molecular weight excluding hydrogens is 250 g/mol. The maximum absolute atomic E-state index is 9.43. The Balaban J connectivity index is 1.90. The molecule has 2 aromatic heterocycles. The van der Waals surface area contributed by atoms with Crippen molar-refractivity contribution >= 4 is 5.52 Å². The first-order valence-corrected chi connectivity index (χ1v) is 7.17. The van der Waals surface area contributed by atoms with Crippen LogP contribution < -0.4 is 0 Å². The van der Waals surface area contributed by atoms with Crippen molar-refractivity contribution in [1.82, 2.24) is 9.30 Å². The molecule has 0 bridgehead atoms. The van der Waals surface area contributed by atoms with E-state index in [0.717, 1.165) is 23.2 Å². The van der Waals surface area contributed by atoms with Gasteiger partial charge in [-0.25, -0.2) is 0 Å². The first-order chi connectivity index (χ1) is 9.83. The predicted octanol–water partition coefficient (Wildman–Crippen LogP) is 2.16. The first-order valence-electron chi connectivity index (χ1n) is 7.17. The Hall–Kier alpha value is -1.83. The topological polar surface area (TPSA) is 51.7 Å². The molecule has 3 rings (SSSR count). The molecule has 4 nitrogen and oxygen atoms in total. The van der Waals surface area contributed by atoms with E-state index in [9.17, 15) is 10.4 Å². The van der Waals surface area contributed by atoms with Crippen molar-refractivity contribution in [2.75, 3.05) is 13.2 Å². The number of nitrogens with zero attached hydrogens (tertiary/aromatic N) is 3. The maximum atomic E-state index is 9.43. The van der Waals surface area contributed by atoms with Gasteiger partial charge in [0.25, 0.3) is 0 Å². The molecule has 1 aliphatic rings. The number of aromatic nitrogens is 1. The van der Waals surface area contributed by atoms with Gasteiger partial charge in [-0.2, -0.15) is 5.26 Å². The van der Waals surface area contributed by atoms with Crippen molar-refractivity contribution in [3.8, 4) is 6.07 Å². The third-order valence-electron chi connectivity index (χ3n) is 4.23. The van der Waals surface area contributed by atoms with Gasteiger partial charge in [0, 0.05) is 37.1 Å². The smallest absolute Gasteiger partial charge is 0.102 e. The summed E-state index contributed by atoms with van der Waals surface area (Å²) in [5.41, 5.74) is 2.77. The van der Waals surface area contributed by atoms with Crippen LogP contribution in [-0.2, 0) is 6.54 Å². The summed E-state index contributed by atoms with van der Waals surface area (Å²) in [5, 5.41) is 18.7. The van der Waals surface area contributed by atoms with E-state index in [1.807, 2.05) is 35.0 Å². The molecule has 1 fully saturated rings. The maximum Gasteiger partial charge on any atom is 0.102 e. The van der Waals surface area contributed by atoms with Gasteiger partial charge in [-0.3, -0.25) is 4.90 Å². The van der Waals surface area contributed by atoms with Crippen LogP contribution in [0.2, 0.25) is 0 Å². The molecule has 0 unspecified atom stereocenters. The molecule has 4 heteroatoms. The number of aliphatic hydroxyl groups excluding tert-OH is 1. The summed E-state index contributed by atoms with van der Waals surface area (Å²) in [5.74, 6) is 0. The fraction of sp³-hybridized carbons (Fsp3) is 0.438. The predicted molar refractivity (Wildman–Crippen MR) is 77.2 cm³/mol. The second kappa shape index (κ2) is 5.66. The van der Waals surface area contributed by atoms with Crippen molar-refractivity contribution in [2.45, 2.75) is 31.8 Å². The Morgan fingerprint density at radius 3 is 2.90 bits per heavy atom. The summed E-state index contributed by atoms with van der Waals surface area (Å²) in [6.45, 7) is 1.60. The molecule has 0 radical (unpaired) electrons. The van der Waals surface area contributed by atoms with Crippen LogP contribution in [0.5, 0.6) is 0 Å². The monoisotopic (exact) mass is 269 g/mol. The van der Waals surface area contributed by atoms with Gasteiger partial charge in [0.2, 0.25) is 0 Å². The largest absolute Gasteiger partial charge is 0.395 e. The van der Waals surface area contributed by atoms with Crippen LogP contribution in [0.1, 0.15) is 30.4 Å². The van der Waals surface area contributed by atoms with Crippen LogP contribution >= 0.6 is 0 Å². The number of aliphatic hydroxyl groups is 1. The zero-order valence-corrected chi connectivity index (χ0v) is 11.5. The van der Waals surface area contributed by atoms with Gasteiger partial charge >= 0.3 is 0 Å². The van der Waals surface area contributed by atoms with Crippen molar-refractivity contribution in [2.24, 2.45) is 0 Å². The van der Waals surface area contributed by atoms with Gasteiger partial charge in [0.15, 0.2) is 0 Å². The summed E-state index contributed by atoms with van der Waals surface area (Å²) >= 11 is 0. The molecule has 0 spiro atoms. The first kappa shape index (κ1) is 13.2. The van der Waals surface area contributed by atoms with E-state index in [1.54, 1.807) is 0 Å². The minimum Gasteiger partial charge on any atom is -0.395 e. The average molecular weight is 269 g/mol. The fourth-order valence-corrected chi connectivity index (χ4v) is 2.92. The van der Waals surface area contributed by atoms with E-state index in [0.29, 0.717) is 12.6 Å². The molecule has 2 heterocycles. The minimum atomic E-state index is 0.172. The Labute approximate surface area is 118 Å². The lowest BCUT2D eigenvalue weighted by molar-refractivity contribution is 0.0945. The van der Waals surface area contributed by atoms with Crippen LogP contribution in [0.15, 0.2) is 30.6 Å². The third kappa shape index (κ3) is 2.31. The molecule has 1 N–H and O–H groups in total. The Kier molecular flexibility index (Phi) is 3.72. The van der Waals surface area contributed by atoms with Gasteiger partial charge in [-0.05, 0) is 25.0 Å². The highest BCUT2D eigenvalue weighted by atomic mass is 16.3. The lowest BCUT2D eigenvalue weighted by Crippen LogP contribution is -2.41. The SMILES string of the molecule is N#Cc1c(CN(CCO)C2CCC2)cn2ccccc12. The van der Waals surface area contributed by atoms with Crippen LogP contribution in [0.4, 0.5) is 0 Å². The van der Waals surface area contributed by atoms with Crippen molar-refractivity contribution in [3.05, 3.63) is 41.7 Å². The molecule has 1 aliphatic carbocycles. The Morgan fingerprint density at radius 2 is 2.25 bits per heavy atom. The lowest BCUT2D eigenvalue weighted by atomic mass is 9.91. The molecule has 0 atom stereocenters. The van der Waals surface area contributed by atoms with Gasteiger partial charge in [0.1, 0.15) is 6.07 Å². The van der Waals surface area contributed by atoms with Gasteiger partial charge in [-0.1, -0.05) is 12.5 Å². The molecule has 0 aliphatic heterocycles. The van der Waals surface area contributed by atoms with E-state index in [1.165, 1.54) is 19.3 Å². The molecule has 2 aromatic rings. The van der Waals surface area contributed by atoms with Gasteiger partial charge < -0.3 is 9.51 Å². The highest BCUT2D eigenvalue weighted by Crippen LogP contribution is 2.27. The minimum absolute atomic E-state index is 0.172. The summed E-state index contributed by atoms with van der Waals surface area (Å²) < 4.78 is 2.01. The summed E-state index contributed by atoms with van der Waals surface area (Å²) in [4.78, 5) is 2.30. The molecular formula is C16H19N3O. The van der Waals surface area contributed by atoms with Crippen molar-refractivity contribution in [3.63, 3.8) is 0 Å². The number of pyridine rings is 1. The Bertz CT molecular complexity index is 637. The van der Waals surface area contributed by atoms with Crippen molar-refractivity contribution < 1.29 is 5.11 Å². The second-order valence-electron chi connectivity index (χ2n) is 5.41. The molecule has 1 saturated carbocycles. The average Bonchev–Trinajstić information content (AvgIpc) is 2.74. The number of nitriles is 1. The Morgan fingerprint density at radius 1 is 1.40 bits per heavy atom. The highest BCUT2D eigenvalue weighted by Gasteiger charge is 2.25. The number of hydrogen-bond donors (Lipinski definition) is 1. The molecule has 104 valence electrons. The van der Waals surface area contributed by atoms with E-state index >= 15 is 0 Å². The number of rotatable bonds is 5. The molecule has 20 heavy (non-hydrogen) atoms. The van der Waals surface area contributed by atoms with Crippen molar-refractivity contribution in [1.29, 1.82) is 5.26 Å². The van der Waals surface area contributed by atoms with E-state index in [-0.39, 0.29) is 6.61 Å². The van der Waals surface area contributed by atoms with Crippen LogP contribution in [0, 0.1) is 11.3 Å². The fourth-order valence-electron chi connectivity index (χ4n) is 2.92. The molecule has 0 amide bonds. The third-order valence-corrected chi connectivity index (χ3v) is 4.23. The van der Waals surface area contributed by atoms with Crippen LogP contribution in [-0.4, -0.2) is 33.6 Å². The molecule has 0 saturated heterocycles. The second-order valence-corrected chi connectivity index (χ2v) is 5.41. The summed E-state index contributed by atoms with van der Waals surface area (Å²) in [6.07, 6.45) is 7.69. The zero-order valence-electron chi connectivity index (χ0n) is 11.5. The van der Waals surface area contributed by atoms with E-state index in [2.05, 4.69) is 11.0 Å². The quantitative estimate of drug-likeness (QED) is 0.905. The number of hydrogen-bond acceptors (Lipinski definition) is 3. The van der Waals surface area contributed by atoms with Crippen LogP contribution in [0.3, 0.4) is 0 Å². The molecule has 0 aromatic carbocycles. The standard InChI is InChI=1S/C16H19N3O/c17-10-15-13(12-19-7-2-1-6-16(15)19)11-18(8-9-20)14-4-3-5-14/h1-2,6-7,12,14,20H,3-5,8-9,11H2. The van der Waals surface area contributed by atoms with E-state index in [4.69, 9.17) is 0 Å².